The Hall–Kier alpha value is -4.10. The molecule has 35 heavy (non-hydrogen) atoms. The molecule has 1 unspecified atom stereocenters. The summed E-state index contributed by atoms with van der Waals surface area (Å²) in [5.41, 5.74) is 10.3. The maximum Gasteiger partial charge on any atom is 0.359 e. The molecule has 176 valence electrons. The Bertz CT molecular complexity index is 1390. The minimum atomic E-state index is -0.566. The van der Waals surface area contributed by atoms with Gasteiger partial charge in [-0.3, -0.25) is 5.32 Å². The average Bonchev–Trinajstić information content (AvgIpc) is 3.19. The van der Waals surface area contributed by atoms with Crippen molar-refractivity contribution < 1.29 is 18.5 Å². The zero-order chi connectivity index (χ0) is 24.4. The molecule has 0 saturated heterocycles. The highest BCUT2D eigenvalue weighted by Gasteiger charge is 2.43. The molecule has 0 fully saturated rings. The summed E-state index contributed by atoms with van der Waals surface area (Å²) in [6, 6.07) is 22.1. The number of anilines is 2. The summed E-state index contributed by atoms with van der Waals surface area (Å²) >= 11 is 0. The van der Waals surface area contributed by atoms with Gasteiger partial charge in [0.1, 0.15) is 5.69 Å². The largest absolute Gasteiger partial charge is 0.396 e. The molecule has 0 spiro atoms. The first-order valence-electron chi connectivity index (χ1n) is 11.4. The second-order valence-corrected chi connectivity index (χ2v) is 8.64. The Morgan fingerprint density at radius 2 is 1.77 bits per heavy atom. The predicted molar refractivity (Wildman–Crippen MR) is 132 cm³/mol. The number of fused-ring (bicyclic) bond motifs is 1. The van der Waals surface area contributed by atoms with Crippen LogP contribution in [0.2, 0.25) is 0 Å². The first kappa shape index (κ1) is 22.7. The smallest absolute Gasteiger partial charge is 0.359 e. The third-order valence-electron chi connectivity index (χ3n) is 6.17. The third kappa shape index (κ3) is 4.50. The number of ether oxygens (including phenoxy) is 1. The Balaban J connectivity index is 1.56. The fourth-order valence-electron chi connectivity index (χ4n) is 4.51. The van der Waals surface area contributed by atoms with Gasteiger partial charge in [0.15, 0.2) is 17.6 Å². The van der Waals surface area contributed by atoms with Crippen LogP contribution < -0.4 is 15.6 Å². The average molecular weight is 470 g/mol. The van der Waals surface area contributed by atoms with Gasteiger partial charge < -0.3 is 10.5 Å². The highest BCUT2D eigenvalue weighted by Crippen LogP contribution is 2.28. The van der Waals surface area contributed by atoms with Gasteiger partial charge in [0.05, 0.1) is 24.1 Å². The lowest BCUT2D eigenvalue weighted by molar-refractivity contribution is -0.541. The molecule has 7 heteroatoms. The van der Waals surface area contributed by atoms with E-state index in [-0.39, 0.29) is 17.2 Å². The van der Waals surface area contributed by atoms with Crippen LogP contribution in [-0.4, -0.2) is 24.0 Å². The zero-order valence-electron chi connectivity index (χ0n) is 19.4. The summed E-state index contributed by atoms with van der Waals surface area (Å²) in [6.07, 6.45) is 2.56. The van der Waals surface area contributed by atoms with Gasteiger partial charge in [-0.05, 0) is 28.8 Å². The molecular weight excluding hydrogens is 443 g/mol. The molecule has 2 heterocycles. The van der Waals surface area contributed by atoms with E-state index in [2.05, 4.69) is 10.3 Å². The lowest BCUT2D eigenvalue weighted by atomic mass is 10.0. The number of methoxy groups -OCH3 is 1. The van der Waals surface area contributed by atoms with Crippen molar-refractivity contribution in [3.63, 3.8) is 0 Å². The van der Waals surface area contributed by atoms with Gasteiger partial charge in [-0.2, -0.15) is 4.57 Å². The number of nitrogen functional groups attached to an aromatic ring is 1. The van der Waals surface area contributed by atoms with Gasteiger partial charge in [-0.25, -0.2) is 14.2 Å². The fraction of sp³-hybridized carbons (Fsp3) is 0.179. The van der Waals surface area contributed by atoms with E-state index >= 15 is 0 Å². The van der Waals surface area contributed by atoms with E-state index in [1.165, 1.54) is 6.07 Å². The second-order valence-electron chi connectivity index (χ2n) is 8.64. The van der Waals surface area contributed by atoms with Gasteiger partial charge in [0, 0.05) is 20.0 Å². The van der Waals surface area contributed by atoms with E-state index in [1.54, 1.807) is 30.0 Å². The second kappa shape index (κ2) is 9.64. The van der Waals surface area contributed by atoms with Crippen LogP contribution in [0.25, 0.3) is 11.3 Å². The number of aromatic nitrogens is 2. The van der Waals surface area contributed by atoms with E-state index in [0.29, 0.717) is 36.7 Å². The van der Waals surface area contributed by atoms with E-state index in [0.717, 1.165) is 16.7 Å². The summed E-state index contributed by atoms with van der Waals surface area (Å²) in [6.45, 7) is 0.499. The third-order valence-corrected chi connectivity index (χ3v) is 6.17. The molecule has 1 aliphatic heterocycles. The van der Waals surface area contributed by atoms with Crippen molar-refractivity contribution in [3.05, 3.63) is 107 Å². The van der Waals surface area contributed by atoms with Crippen LogP contribution in [0.3, 0.4) is 0 Å². The first-order chi connectivity index (χ1) is 17.0. The summed E-state index contributed by atoms with van der Waals surface area (Å²) in [5, 5.41) is 3.38. The SMILES string of the molecule is COCc1cccc(CC2Nc3c(Cc4ccccc4)ncc(-c4cccc(N)c4F)[n+]3C2=O)c1. The van der Waals surface area contributed by atoms with Gasteiger partial charge in [-0.15, -0.1) is 0 Å². The molecule has 6 nitrogen and oxygen atoms in total. The van der Waals surface area contributed by atoms with Crippen LogP contribution in [-0.2, 0) is 24.2 Å². The number of halogens is 1. The number of rotatable bonds is 7. The fourth-order valence-corrected chi connectivity index (χ4v) is 4.51. The number of benzene rings is 3. The first-order valence-corrected chi connectivity index (χ1v) is 11.4. The number of nitrogens with one attached hydrogen (secondary N) is 1. The molecule has 1 atom stereocenters. The van der Waals surface area contributed by atoms with Crippen molar-refractivity contribution in [1.29, 1.82) is 0 Å². The molecule has 0 radical (unpaired) electrons. The molecule has 1 aliphatic rings. The summed E-state index contributed by atoms with van der Waals surface area (Å²) in [4.78, 5) is 18.3. The van der Waals surface area contributed by atoms with Crippen molar-refractivity contribution in [1.82, 2.24) is 4.98 Å². The number of nitrogens with two attached hydrogens (primary N) is 1. The van der Waals surface area contributed by atoms with E-state index < -0.39 is 11.9 Å². The normalized spacial score (nSPS) is 14.6. The zero-order valence-corrected chi connectivity index (χ0v) is 19.4. The maximum absolute atomic E-state index is 15.0. The number of carbonyl (C=O) groups excluding carboxylic acids is 1. The van der Waals surface area contributed by atoms with Gasteiger partial charge in [-0.1, -0.05) is 60.7 Å². The van der Waals surface area contributed by atoms with Crippen molar-refractivity contribution >= 4 is 17.4 Å². The number of hydrogen-bond donors (Lipinski definition) is 2. The molecule has 0 bridgehead atoms. The number of nitrogens with zero attached hydrogens (tertiary/aromatic N) is 2. The summed E-state index contributed by atoms with van der Waals surface area (Å²) < 4.78 is 21.8. The Kier molecular flexibility index (Phi) is 6.25. The van der Waals surface area contributed by atoms with Crippen molar-refractivity contribution in [2.75, 3.05) is 18.2 Å². The lowest BCUT2D eigenvalue weighted by Gasteiger charge is -2.09. The highest BCUT2D eigenvalue weighted by molar-refractivity contribution is 5.84. The number of hydrogen-bond acceptors (Lipinski definition) is 5. The minimum Gasteiger partial charge on any atom is -0.396 e. The highest BCUT2D eigenvalue weighted by atomic mass is 19.1. The molecular formula is C28H26FN4O2+. The predicted octanol–water partition coefficient (Wildman–Crippen LogP) is 4.17. The lowest BCUT2D eigenvalue weighted by Crippen LogP contribution is -2.46. The van der Waals surface area contributed by atoms with Crippen LogP contribution in [0.15, 0.2) is 79.0 Å². The van der Waals surface area contributed by atoms with Gasteiger partial charge in [0.25, 0.3) is 0 Å². The molecule has 5 rings (SSSR count). The van der Waals surface area contributed by atoms with Gasteiger partial charge in [0.2, 0.25) is 0 Å². The monoisotopic (exact) mass is 469 g/mol. The van der Waals surface area contributed by atoms with E-state index in [4.69, 9.17) is 10.5 Å². The van der Waals surface area contributed by atoms with Crippen molar-refractivity contribution in [2.24, 2.45) is 0 Å². The van der Waals surface area contributed by atoms with E-state index in [9.17, 15) is 9.18 Å². The van der Waals surface area contributed by atoms with Gasteiger partial charge >= 0.3 is 11.7 Å². The maximum atomic E-state index is 15.0. The molecule has 4 aromatic rings. The molecule has 3 aromatic carbocycles. The summed E-state index contributed by atoms with van der Waals surface area (Å²) in [5.74, 6) is -0.148. The summed E-state index contributed by atoms with van der Waals surface area (Å²) in [7, 11) is 1.65. The topological polar surface area (TPSA) is 81.1 Å². The molecule has 0 amide bonds. The van der Waals surface area contributed by atoms with Crippen molar-refractivity contribution in [3.8, 4) is 11.3 Å². The number of carbonyl (C=O) groups is 1. The molecule has 0 aliphatic carbocycles. The Morgan fingerprint density at radius 3 is 2.57 bits per heavy atom. The molecule has 1 aromatic heterocycles. The van der Waals surface area contributed by atoms with Crippen LogP contribution in [0.4, 0.5) is 15.9 Å². The Labute approximate surface area is 203 Å². The van der Waals surface area contributed by atoms with Crippen LogP contribution in [0, 0.1) is 5.82 Å². The quantitative estimate of drug-likeness (QED) is 0.314. The van der Waals surface area contributed by atoms with Crippen LogP contribution >= 0.6 is 0 Å². The van der Waals surface area contributed by atoms with Crippen LogP contribution in [0.1, 0.15) is 27.2 Å². The molecule has 0 saturated carbocycles. The van der Waals surface area contributed by atoms with Crippen molar-refractivity contribution in [2.45, 2.75) is 25.5 Å². The molecule has 3 N–H and O–H groups in total. The Morgan fingerprint density at radius 1 is 1.03 bits per heavy atom. The van der Waals surface area contributed by atoms with Crippen LogP contribution in [0.5, 0.6) is 0 Å². The standard InChI is InChI=1S/C28H25FN4O2/c1-35-17-20-10-5-9-19(13-20)15-24-28(34)33-25(21-11-6-12-22(30)26(21)29)16-31-23(27(33)32-24)14-18-7-3-2-4-8-18/h2-13,16,24H,14-15,17,30H2,1H3/p+1. The minimum absolute atomic E-state index is 0.0233. The van der Waals surface area contributed by atoms with E-state index in [1.807, 2.05) is 54.6 Å².